The molecular weight excluding hydrogens is 372 g/mol. The Hall–Kier alpha value is -1.63. The van der Waals surface area contributed by atoms with Gasteiger partial charge in [-0.2, -0.15) is 0 Å². The van der Waals surface area contributed by atoms with Gasteiger partial charge in [-0.1, -0.05) is 31.4 Å². The van der Waals surface area contributed by atoms with Crippen molar-refractivity contribution in [2.24, 2.45) is 5.73 Å². The topological polar surface area (TPSA) is 85.3 Å². The van der Waals surface area contributed by atoms with Crippen LogP contribution in [-0.2, 0) is 23.1 Å². The zero-order valence-electron chi connectivity index (χ0n) is 14.6. The average molecular weight is 397 g/mol. The predicted molar refractivity (Wildman–Crippen MR) is 107 cm³/mol. The second-order valence-electron chi connectivity index (χ2n) is 6.45. The van der Waals surface area contributed by atoms with Crippen LogP contribution in [0.15, 0.2) is 41.0 Å². The number of amides is 1. The molecule has 1 aliphatic rings. The van der Waals surface area contributed by atoms with Gasteiger partial charge in [0.25, 0.3) is 5.91 Å². The van der Waals surface area contributed by atoms with Crippen molar-refractivity contribution < 1.29 is 13.4 Å². The van der Waals surface area contributed by atoms with E-state index in [0.29, 0.717) is 28.0 Å². The number of carbonyl (C=O) groups excluding carboxylic acids is 1. The van der Waals surface area contributed by atoms with Crippen LogP contribution in [0, 0.1) is 0 Å². The Bertz CT molecular complexity index is 757. The van der Waals surface area contributed by atoms with Crippen LogP contribution in [0.25, 0.3) is 0 Å². The molecule has 26 heavy (non-hydrogen) atoms. The molecule has 3 rings (SSSR count). The van der Waals surface area contributed by atoms with Crippen LogP contribution in [0.2, 0.25) is 0 Å². The zero-order chi connectivity index (χ0) is 17.6. The van der Waals surface area contributed by atoms with Crippen LogP contribution in [0.1, 0.15) is 53.8 Å². The minimum atomic E-state index is -0.854. The molecule has 1 aliphatic carbocycles. The standard InChI is InChI=1S/C19H24N2O3S.ClH/c20-11-17-10-15(12-24-17)19(22)21-16-6-4-5-14(9-16)13-25(23)18-7-2-1-3-8-18;/h4-6,9-10,12,18H,1-3,7-8,11,13,20H2,(H,21,22);1H. The number of furan rings is 1. The number of hydrogen-bond donors (Lipinski definition) is 2. The zero-order valence-corrected chi connectivity index (χ0v) is 16.2. The van der Waals surface area contributed by atoms with Crippen LogP contribution in [0.3, 0.4) is 0 Å². The molecule has 0 aliphatic heterocycles. The third-order valence-electron chi connectivity index (χ3n) is 4.53. The molecule has 0 bridgehead atoms. The Morgan fingerprint density at radius 3 is 2.69 bits per heavy atom. The van der Waals surface area contributed by atoms with Gasteiger partial charge in [-0.15, -0.1) is 12.4 Å². The van der Waals surface area contributed by atoms with Crippen LogP contribution in [0.5, 0.6) is 0 Å². The molecule has 7 heteroatoms. The van der Waals surface area contributed by atoms with Crippen molar-refractivity contribution in [3.8, 4) is 0 Å². The van der Waals surface area contributed by atoms with Crippen LogP contribution >= 0.6 is 12.4 Å². The van der Waals surface area contributed by atoms with Gasteiger partial charge >= 0.3 is 0 Å². The smallest absolute Gasteiger partial charge is 0.258 e. The number of nitrogens with two attached hydrogens (primary N) is 1. The van der Waals surface area contributed by atoms with Gasteiger partial charge in [0, 0.05) is 27.5 Å². The summed E-state index contributed by atoms with van der Waals surface area (Å²) < 4.78 is 17.7. The molecule has 3 N–H and O–H groups in total. The van der Waals surface area contributed by atoms with E-state index in [9.17, 15) is 9.00 Å². The molecule has 1 saturated carbocycles. The first-order valence-corrected chi connectivity index (χ1v) is 10.1. The first kappa shape index (κ1) is 20.7. The second-order valence-corrected chi connectivity index (χ2v) is 8.16. The first-order valence-electron chi connectivity index (χ1n) is 8.70. The number of benzene rings is 1. The van der Waals surface area contributed by atoms with Gasteiger partial charge in [0.05, 0.1) is 12.1 Å². The van der Waals surface area contributed by atoms with Crippen molar-refractivity contribution >= 4 is 34.8 Å². The Labute approximate surface area is 162 Å². The normalized spacial score (nSPS) is 15.9. The summed E-state index contributed by atoms with van der Waals surface area (Å²) in [5.41, 5.74) is 7.61. The Balaban J connectivity index is 0.00000243. The lowest BCUT2D eigenvalue weighted by Crippen LogP contribution is -2.19. The number of hydrogen-bond acceptors (Lipinski definition) is 4. The molecule has 142 valence electrons. The number of rotatable bonds is 6. The monoisotopic (exact) mass is 396 g/mol. The molecule has 1 aromatic heterocycles. The fourth-order valence-corrected chi connectivity index (χ4v) is 4.76. The van der Waals surface area contributed by atoms with Crippen molar-refractivity contribution in [3.05, 3.63) is 53.5 Å². The summed E-state index contributed by atoms with van der Waals surface area (Å²) in [5.74, 6) is 0.869. The van der Waals surface area contributed by atoms with Crippen molar-refractivity contribution in [3.63, 3.8) is 0 Å². The van der Waals surface area contributed by atoms with Crippen molar-refractivity contribution in [1.29, 1.82) is 0 Å². The minimum Gasteiger partial charge on any atom is -0.467 e. The molecule has 2 aromatic rings. The SMILES string of the molecule is Cl.NCc1cc(C(=O)Nc2cccc(CS(=O)C3CCCCC3)c2)co1. The second kappa shape index (κ2) is 9.90. The summed E-state index contributed by atoms with van der Waals surface area (Å²) >= 11 is 0. The lowest BCUT2D eigenvalue weighted by molar-refractivity contribution is 0.102. The van der Waals surface area contributed by atoms with E-state index in [4.69, 9.17) is 10.2 Å². The molecule has 5 nitrogen and oxygen atoms in total. The van der Waals surface area contributed by atoms with E-state index in [-0.39, 0.29) is 24.9 Å². The summed E-state index contributed by atoms with van der Waals surface area (Å²) in [7, 11) is -0.854. The Kier molecular flexibility index (Phi) is 7.87. The van der Waals surface area contributed by atoms with Gasteiger partial charge < -0.3 is 15.5 Å². The van der Waals surface area contributed by atoms with Gasteiger partial charge in [0.2, 0.25) is 0 Å². The van der Waals surface area contributed by atoms with Crippen molar-refractivity contribution in [2.75, 3.05) is 5.32 Å². The van der Waals surface area contributed by atoms with Gasteiger partial charge in [0.15, 0.2) is 0 Å². The van der Waals surface area contributed by atoms with Crippen LogP contribution in [-0.4, -0.2) is 15.4 Å². The molecule has 0 saturated heterocycles. The van der Waals surface area contributed by atoms with Crippen LogP contribution < -0.4 is 11.1 Å². The third-order valence-corrected chi connectivity index (χ3v) is 6.37. The fraction of sp³-hybridized carbons (Fsp3) is 0.421. The highest BCUT2D eigenvalue weighted by Gasteiger charge is 2.20. The van der Waals surface area contributed by atoms with E-state index in [1.165, 1.54) is 25.5 Å². The number of nitrogens with one attached hydrogen (secondary N) is 1. The molecule has 0 radical (unpaired) electrons. The molecule has 1 heterocycles. The molecule has 1 unspecified atom stereocenters. The van der Waals surface area contributed by atoms with E-state index in [1.807, 2.05) is 24.3 Å². The van der Waals surface area contributed by atoms with E-state index in [0.717, 1.165) is 18.4 Å². The molecule has 1 atom stereocenters. The largest absolute Gasteiger partial charge is 0.467 e. The quantitative estimate of drug-likeness (QED) is 0.772. The highest BCUT2D eigenvalue weighted by Crippen LogP contribution is 2.24. The number of halogens is 1. The highest BCUT2D eigenvalue weighted by molar-refractivity contribution is 7.84. The summed E-state index contributed by atoms with van der Waals surface area (Å²) in [5, 5.41) is 3.16. The summed E-state index contributed by atoms with van der Waals surface area (Å²) in [4.78, 5) is 12.3. The third kappa shape index (κ3) is 5.43. The highest BCUT2D eigenvalue weighted by atomic mass is 35.5. The Morgan fingerprint density at radius 2 is 2.00 bits per heavy atom. The van der Waals surface area contributed by atoms with E-state index >= 15 is 0 Å². The van der Waals surface area contributed by atoms with Gasteiger partial charge in [-0.3, -0.25) is 9.00 Å². The minimum absolute atomic E-state index is 0. The molecule has 1 amide bonds. The maximum absolute atomic E-state index is 12.6. The first-order chi connectivity index (χ1) is 12.2. The number of carbonyl (C=O) groups is 1. The predicted octanol–water partition coefficient (Wildman–Crippen LogP) is 3.99. The Morgan fingerprint density at radius 1 is 1.23 bits per heavy atom. The van der Waals surface area contributed by atoms with Crippen LogP contribution in [0.4, 0.5) is 5.69 Å². The average Bonchev–Trinajstić information content (AvgIpc) is 3.12. The molecule has 1 aromatic carbocycles. The van der Waals surface area contributed by atoms with Crippen molar-refractivity contribution in [1.82, 2.24) is 0 Å². The molecule has 1 fully saturated rings. The lowest BCUT2D eigenvalue weighted by Gasteiger charge is -2.21. The maximum atomic E-state index is 12.6. The van der Waals surface area contributed by atoms with Gasteiger partial charge in [-0.05, 0) is 36.6 Å². The summed E-state index contributed by atoms with van der Waals surface area (Å²) in [6.45, 7) is 0.260. The van der Waals surface area contributed by atoms with Gasteiger partial charge in [0.1, 0.15) is 12.0 Å². The summed E-state index contributed by atoms with van der Waals surface area (Å²) in [6.07, 6.45) is 7.15. The molecule has 0 spiro atoms. The lowest BCUT2D eigenvalue weighted by atomic mass is 10.0. The maximum Gasteiger partial charge on any atom is 0.258 e. The van der Waals surface area contributed by atoms with Gasteiger partial charge in [-0.25, -0.2) is 0 Å². The number of anilines is 1. The molecular formula is C19H25ClN2O3S. The van der Waals surface area contributed by atoms with E-state index in [1.54, 1.807) is 6.07 Å². The summed E-state index contributed by atoms with van der Waals surface area (Å²) in [6, 6.07) is 9.19. The fourth-order valence-electron chi connectivity index (χ4n) is 3.16. The van der Waals surface area contributed by atoms with E-state index < -0.39 is 10.8 Å². The van der Waals surface area contributed by atoms with Crippen molar-refractivity contribution in [2.45, 2.75) is 49.7 Å². The van der Waals surface area contributed by atoms with E-state index in [2.05, 4.69) is 5.32 Å².